The number of nitrogens with zero attached hydrogens (tertiary/aromatic N) is 5. The van der Waals surface area contributed by atoms with Crippen molar-refractivity contribution in [3.05, 3.63) is 54.6 Å². The van der Waals surface area contributed by atoms with Crippen molar-refractivity contribution in [1.29, 1.82) is 0 Å². The molecule has 30 heavy (non-hydrogen) atoms. The van der Waals surface area contributed by atoms with Crippen molar-refractivity contribution >= 4 is 11.8 Å². The highest BCUT2D eigenvalue weighted by Crippen LogP contribution is 2.39. The van der Waals surface area contributed by atoms with Crippen LogP contribution in [-0.2, 0) is 11.3 Å². The molecular formula is C21H21FN6O2. The third-order valence-electron chi connectivity index (χ3n) is 5.33. The Balaban J connectivity index is 1.54. The second-order valence-corrected chi connectivity index (χ2v) is 7.18. The van der Waals surface area contributed by atoms with Gasteiger partial charge in [0.15, 0.2) is 5.82 Å². The lowest BCUT2D eigenvalue weighted by Crippen LogP contribution is -2.52. The highest BCUT2D eigenvalue weighted by molar-refractivity contribution is 5.90. The Kier molecular flexibility index (Phi) is 4.80. The van der Waals surface area contributed by atoms with Gasteiger partial charge in [-0.2, -0.15) is 5.10 Å². The number of hydrogen-bond donors (Lipinski definition) is 1. The van der Waals surface area contributed by atoms with Crippen molar-refractivity contribution in [3.63, 3.8) is 0 Å². The van der Waals surface area contributed by atoms with Gasteiger partial charge in [0.25, 0.3) is 0 Å². The summed E-state index contributed by atoms with van der Waals surface area (Å²) >= 11 is 0. The summed E-state index contributed by atoms with van der Waals surface area (Å²) in [5, 5.41) is 6.40. The number of rotatable bonds is 2. The van der Waals surface area contributed by atoms with E-state index in [9.17, 15) is 9.18 Å². The van der Waals surface area contributed by atoms with Gasteiger partial charge in [-0.1, -0.05) is 0 Å². The molecule has 1 aromatic carbocycles. The van der Waals surface area contributed by atoms with Crippen molar-refractivity contribution in [3.8, 4) is 22.4 Å². The first kappa shape index (κ1) is 18.6. The van der Waals surface area contributed by atoms with Gasteiger partial charge >= 0.3 is 6.03 Å². The standard InChI is InChI=1S/C21H21FN6O2/c22-17-3-1-16(2-4-17)19-18(15-5-7-23-8-6-15)20-25-28(10-9-27(20)24-19)21(29)26-11-13-30-14-12-26/h1-8,25H,9-14H2. The zero-order valence-electron chi connectivity index (χ0n) is 16.3. The SMILES string of the molecule is O=C(N1CCOCC1)N1CCn2nc(-c3ccc(F)cc3)c(-c3ccncc3)c2N1. The Morgan fingerprint density at radius 3 is 2.43 bits per heavy atom. The molecule has 0 saturated carbocycles. The van der Waals surface area contributed by atoms with Gasteiger partial charge in [-0.3, -0.25) is 10.4 Å². The maximum atomic E-state index is 13.5. The summed E-state index contributed by atoms with van der Waals surface area (Å²) in [5.74, 6) is 0.432. The molecule has 1 N–H and O–H groups in total. The zero-order valence-corrected chi connectivity index (χ0v) is 16.3. The van der Waals surface area contributed by atoms with Crippen LogP contribution in [0.25, 0.3) is 22.4 Å². The molecule has 4 heterocycles. The second kappa shape index (κ2) is 7.75. The molecule has 0 radical (unpaired) electrons. The van der Waals surface area contributed by atoms with Crippen LogP contribution in [0.5, 0.6) is 0 Å². The average Bonchev–Trinajstić information content (AvgIpc) is 3.19. The molecule has 2 amide bonds. The fourth-order valence-corrected chi connectivity index (χ4v) is 3.79. The minimum Gasteiger partial charge on any atom is -0.378 e. The van der Waals surface area contributed by atoms with Crippen LogP contribution in [0, 0.1) is 5.82 Å². The van der Waals surface area contributed by atoms with Crippen LogP contribution >= 0.6 is 0 Å². The lowest BCUT2D eigenvalue weighted by atomic mass is 10.0. The van der Waals surface area contributed by atoms with Crippen LogP contribution in [-0.4, -0.2) is 63.6 Å². The van der Waals surface area contributed by atoms with E-state index in [1.165, 1.54) is 12.1 Å². The molecule has 1 saturated heterocycles. The van der Waals surface area contributed by atoms with Crippen molar-refractivity contribution in [2.45, 2.75) is 6.54 Å². The molecule has 9 heteroatoms. The van der Waals surface area contributed by atoms with E-state index in [4.69, 9.17) is 9.84 Å². The molecule has 2 aromatic heterocycles. The number of halogens is 1. The van der Waals surface area contributed by atoms with Crippen LogP contribution in [0.1, 0.15) is 0 Å². The minimum absolute atomic E-state index is 0.0743. The topological polar surface area (TPSA) is 75.5 Å². The van der Waals surface area contributed by atoms with E-state index in [1.54, 1.807) is 34.4 Å². The second-order valence-electron chi connectivity index (χ2n) is 7.18. The maximum Gasteiger partial charge on any atom is 0.338 e. The highest BCUT2D eigenvalue weighted by atomic mass is 19.1. The summed E-state index contributed by atoms with van der Waals surface area (Å²) in [6, 6.07) is 9.99. The third-order valence-corrected chi connectivity index (χ3v) is 5.33. The molecule has 0 bridgehead atoms. The first-order chi connectivity index (χ1) is 14.7. The number of morpholine rings is 1. The van der Waals surface area contributed by atoms with Crippen molar-refractivity contribution in [2.24, 2.45) is 0 Å². The minimum atomic E-state index is -0.298. The van der Waals surface area contributed by atoms with Gasteiger partial charge in [-0.15, -0.1) is 0 Å². The Labute approximate surface area is 172 Å². The zero-order chi connectivity index (χ0) is 20.5. The normalized spacial score (nSPS) is 16.2. The average molecular weight is 408 g/mol. The third kappa shape index (κ3) is 3.37. The van der Waals surface area contributed by atoms with Gasteiger partial charge in [0, 0.05) is 31.0 Å². The lowest BCUT2D eigenvalue weighted by molar-refractivity contribution is 0.0443. The molecule has 8 nitrogen and oxygen atoms in total. The van der Waals surface area contributed by atoms with Crippen LogP contribution in [0.3, 0.4) is 0 Å². The van der Waals surface area contributed by atoms with E-state index >= 15 is 0 Å². The quantitative estimate of drug-likeness (QED) is 0.706. The number of amides is 2. The van der Waals surface area contributed by atoms with Gasteiger partial charge in [0.05, 0.1) is 31.9 Å². The predicted molar refractivity (Wildman–Crippen MR) is 109 cm³/mol. The number of ether oxygens (including phenoxy) is 1. The number of benzene rings is 1. The summed E-state index contributed by atoms with van der Waals surface area (Å²) in [4.78, 5) is 18.9. The highest BCUT2D eigenvalue weighted by Gasteiger charge is 2.30. The lowest BCUT2D eigenvalue weighted by Gasteiger charge is -2.35. The number of hydrazine groups is 1. The molecule has 2 aliphatic rings. The number of carbonyl (C=O) groups excluding carboxylic acids is 1. The summed E-state index contributed by atoms with van der Waals surface area (Å²) in [7, 11) is 0. The maximum absolute atomic E-state index is 13.5. The van der Waals surface area contributed by atoms with Crippen LogP contribution in [0.4, 0.5) is 15.0 Å². The van der Waals surface area contributed by atoms with E-state index in [-0.39, 0.29) is 11.8 Å². The van der Waals surface area contributed by atoms with E-state index in [0.29, 0.717) is 39.4 Å². The van der Waals surface area contributed by atoms with Crippen LogP contribution in [0.2, 0.25) is 0 Å². The molecule has 5 rings (SSSR count). The number of hydrogen-bond acceptors (Lipinski definition) is 5. The summed E-state index contributed by atoms with van der Waals surface area (Å²) in [6.45, 7) is 3.30. The van der Waals surface area contributed by atoms with Gasteiger partial charge in [0.2, 0.25) is 0 Å². The van der Waals surface area contributed by atoms with Crippen molar-refractivity contribution < 1.29 is 13.9 Å². The fourth-order valence-electron chi connectivity index (χ4n) is 3.79. The predicted octanol–water partition coefficient (Wildman–Crippen LogP) is 2.85. The Morgan fingerprint density at radius 1 is 0.967 bits per heavy atom. The van der Waals surface area contributed by atoms with Crippen LogP contribution in [0.15, 0.2) is 48.8 Å². The number of aromatic nitrogens is 3. The molecule has 2 aliphatic heterocycles. The molecule has 0 unspecified atom stereocenters. The first-order valence-electron chi connectivity index (χ1n) is 9.89. The summed E-state index contributed by atoms with van der Waals surface area (Å²) in [6.07, 6.45) is 3.43. The largest absolute Gasteiger partial charge is 0.378 e. The molecule has 1 fully saturated rings. The summed E-state index contributed by atoms with van der Waals surface area (Å²) in [5.41, 5.74) is 6.57. The Morgan fingerprint density at radius 2 is 1.70 bits per heavy atom. The number of urea groups is 1. The number of nitrogens with one attached hydrogen (secondary N) is 1. The van der Waals surface area contributed by atoms with E-state index in [2.05, 4.69) is 10.4 Å². The van der Waals surface area contributed by atoms with Gasteiger partial charge in [0.1, 0.15) is 11.5 Å². The van der Waals surface area contributed by atoms with Gasteiger partial charge in [-0.25, -0.2) is 18.9 Å². The van der Waals surface area contributed by atoms with E-state index < -0.39 is 0 Å². The van der Waals surface area contributed by atoms with Crippen LogP contribution < -0.4 is 5.43 Å². The smallest absolute Gasteiger partial charge is 0.338 e. The number of anilines is 1. The van der Waals surface area contributed by atoms with Gasteiger partial charge < -0.3 is 9.64 Å². The van der Waals surface area contributed by atoms with Crippen molar-refractivity contribution in [2.75, 3.05) is 38.3 Å². The monoisotopic (exact) mass is 408 g/mol. The fraction of sp³-hybridized carbons (Fsp3) is 0.286. The Bertz CT molecular complexity index is 1050. The molecule has 0 spiro atoms. The Hall–Kier alpha value is -3.46. The number of fused-ring (bicyclic) bond motifs is 1. The molecule has 154 valence electrons. The first-order valence-corrected chi connectivity index (χ1v) is 9.89. The summed E-state index contributed by atoms with van der Waals surface area (Å²) < 4.78 is 20.7. The molecule has 0 aliphatic carbocycles. The van der Waals surface area contributed by atoms with E-state index in [1.807, 2.05) is 16.8 Å². The number of pyridine rings is 1. The molecule has 3 aromatic rings. The van der Waals surface area contributed by atoms with Gasteiger partial charge in [-0.05, 0) is 42.0 Å². The van der Waals surface area contributed by atoms with Crippen molar-refractivity contribution in [1.82, 2.24) is 24.7 Å². The number of carbonyl (C=O) groups is 1. The van der Waals surface area contributed by atoms with E-state index in [0.717, 1.165) is 28.2 Å². The molecular weight excluding hydrogens is 387 g/mol. The molecule has 0 atom stereocenters.